The van der Waals surface area contributed by atoms with E-state index < -0.39 is 23.8 Å². The zero-order chi connectivity index (χ0) is 17.8. The van der Waals surface area contributed by atoms with E-state index in [1.165, 1.54) is 0 Å². The molecule has 0 bridgehead atoms. The average molecular weight is 334 g/mol. The maximum absolute atomic E-state index is 11.7. The average Bonchev–Trinajstić information content (AvgIpc) is 2.57. The van der Waals surface area contributed by atoms with Crippen molar-refractivity contribution >= 4 is 24.2 Å². The van der Waals surface area contributed by atoms with E-state index >= 15 is 0 Å². The van der Waals surface area contributed by atoms with Crippen molar-refractivity contribution in [3.63, 3.8) is 0 Å². The highest BCUT2D eigenvalue weighted by Gasteiger charge is 2.16. The summed E-state index contributed by atoms with van der Waals surface area (Å²) in [4.78, 5) is 45.1. The molecule has 0 saturated carbocycles. The molecule has 0 heterocycles. The Bertz CT molecular complexity index is 592. The van der Waals surface area contributed by atoms with Gasteiger partial charge in [0.2, 0.25) is 0 Å². The maximum atomic E-state index is 11.7. The predicted molar refractivity (Wildman–Crippen MR) is 83.0 cm³/mol. The fourth-order valence-electron chi connectivity index (χ4n) is 1.59. The Morgan fingerprint density at radius 1 is 1.04 bits per heavy atom. The van der Waals surface area contributed by atoms with Crippen molar-refractivity contribution in [1.29, 1.82) is 0 Å². The molecule has 0 aliphatic heterocycles. The van der Waals surface area contributed by atoms with Crippen LogP contribution in [-0.2, 0) is 28.7 Å². The van der Waals surface area contributed by atoms with Crippen LogP contribution in [0.4, 0.5) is 0 Å². The normalized spacial score (nSPS) is 11.5. The molecular formula is C17H18O7. The molecule has 0 radical (unpaired) electrons. The minimum atomic E-state index is -0.832. The van der Waals surface area contributed by atoms with E-state index in [0.717, 1.165) is 12.2 Å². The number of hydrogen-bond donors (Lipinski definition) is 0. The van der Waals surface area contributed by atoms with Gasteiger partial charge in [-0.2, -0.15) is 0 Å². The van der Waals surface area contributed by atoms with Crippen LogP contribution in [0.1, 0.15) is 13.3 Å². The highest BCUT2D eigenvalue weighted by molar-refractivity contribution is 5.91. The van der Waals surface area contributed by atoms with E-state index in [1.807, 2.05) is 0 Å². The quantitative estimate of drug-likeness (QED) is 0.292. The third-order valence-corrected chi connectivity index (χ3v) is 2.68. The summed E-state index contributed by atoms with van der Waals surface area (Å²) in [6.07, 6.45) is 2.09. The number of carbonyl (C=O) groups excluding carboxylic acids is 4. The van der Waals surface area contributed by atoms with Gasteiger partial charge in [-0.05, 0) is 19.1 Å². The molecule has 0 spiro atoms. The minimum absolute atomic E-state index is 0.189. The first-order valence-corrected chi connectivity index (χ1v) is 7.27. The number of esters is 3. The van der Waals surface area contributed by atoms with Gasteiger partial charge in [-0.3, -0.25) is 4.79 Å². The lowest BCUT2D eigenvalue weighted by atomic mass is 10.1. The third-order valence-electron chi connectivity index (χ3n) is 2.68. The Morgan fingerprint density at radius 3 is 2.25 bits per heavy atom. The minimum Gasteiger partial charge on any atom is -0.463 e. The predicted octanol–water partition coefficient (Wildman–Crippen LogP) is 1.46. The lowest BCUT2D eigenvalue weighted by Gasteiger charge is -2.10. The van der Waals surface area contributed by atoms with Gasteiger partial charge in [0.05, 0.1) is 18.9 Å². The summed E-state index contributed by atoms with van der Waals surface area (Å²) < 4.78 is 14.4. The number of ether oxygens (including phenoxy) is 3. The lowest BCUT2D eigenvalue weighted by Crippen LogP contribution is -2.20. The van der Waals surface area contributed by atoms with Crippen molar-refractivity contribution in [2.75, 3.05) is 13.2 Å². The van der Waals surface area contributed by atoms with Crippen LogP contribution in [0.15, 0.2) is 42.5 Å². The van der Waals surface area contributed by atoms with Crippen LogP contribution in [-0.4, -0.2) is 37.4 Å². The Morgan fingerprint density at radius 2 is 1.67 bits per heavy atom. The van der Waals surface area contributed by atoms with Gasteiger partial charge in [-0.1, -0.05) is 18.2 Å². The molecule has 1 atom stereocenters. The second-order valence-corrected chi connectivity index (χ2v) is 4.60. The molecule has 0 N–H and O–H groups in total. The van der Waals surface area contributed by atoms with Crippen LogP contribution in [0.3, 0.4) is 0 Å². The lowest BCUT2D eigenvalue weighted by molar-refractivity contribution is -0.144. The molecule has 1 aromatic rings. The highest BCUT2D eigenvalue weighted by Crippen LogP contribution is 2.11. The summed E-state index contributed by atoms with van der Waals surface area (Å²) >= 11 is 0. The van der Waals surface area contributed by atoms with Gasteiger partial charge in [-0.25, -0.2) is 9.59 Å². The first kappa shape index (κ1) is 19.1. The Labute approximate surface area is 139 Å². The number of benzene rings is 1. The topological polar surface area (TPSA) is 96.0 Å². The monoisotopic (exact) mass is 334 g/mol. The van der Waals surface area contributed by atoms with E-state index in [-0.39, 0.29) is 19.6 Å². The van der Waals surface area contributed by atoms with Gasteiger partial charge in [0, 0.05) is 12.2 Å². The summed E-state index contributed by atoms with van der Waals surface area (Å²) in [7, 11) is 0. The van der Waals surface area contributed by atoms with Crippen molar-refractivity contribution < 1.29 is 33.4 Å². The van der Waals surface area contributed by atoms with Crippen LogP contribution in [0, 0.1) is 5.92 Å². The van der Waals surface area contributed by atoms with Gasteiger partial charge in [0.1, 0.15) is 18.6 Å². The number of rotatable bonds is 9. The van der Waals surface area contributed by atoms with Crippen LogP contribution >= 0.6 is 0 Å². The summed E-state index contributed by atoms with van der Waals surface area (Å²) in [6, 6.07) is 8.39. The number of aldehydes is 1. The largest absolute Gasteiger partial charge is 0.463 e. The Kier molecular flexibility index (Phi) is 8.52. The zero-order valence-corrected chi connectivity index (χ0v) is 13.2. The molecule has 0 saturated heterocycles. The van der Waals surface area contributed by atoms with Crippen LogP contribution in [0.25, 0.3) is 0 Å². The van der Waals surface area contributed by atoms with Crippen molar-refractivity contribution in [1.82, 2.24) is 0 Å². The summed E-state index contributed by atoms with van der Waals surface area (Å²) in [5.74, 6) is -2.57. The fraction of sp³-hybridized carbons (Fsp3) is 0.294. The van der Waals surface area contributed by atoms with Gasteiger partial charge < -0.3 is 19.0 Å². The molecule has 7 heteroatoms. The summed E-state index contributed by atoms with van der Waals surface area (Å²) in [6.45, 7) is 1.53. The molecule has 24 heavy (non-hydrogen) atoms. The first-order valence-electron chi connectivity index (χ1n) is 7.27. The van der Waals surface area contributed by atoms with Crippen LogP contribution in [0.5, 0.6) is 5.75 Å². The molecule has 1 rings (SSSR count). The van der Waals surface area contributed by atoms with Crippen LogP contribution in [0.2, 0.25) is 0 Å². The molecule has 0 amide bonds. The SMILES string of the molecule is CCOC(=O)/C=C\C(=O)OCC(C=O)CC(=O)Oc1ccccc1. The maximum Gasteiger partial charge on any atom is 0.331 e. The van der Waals surface area contributed by atoms with Gasteiger partial charge >= 0.3 is 17.9 Å². The Balaban J connectivity index is 2.38. The number of para-hydroxylation sites is 1. The second kappa shape index (κ2) is 10.7. The van der Waals surface area contributed by atoms with Crippen LogP contribution < -0.4 is 4.74 Å². The molecule has 1 unspecified atom stereocenters. The zero-order valence-electron chi connectivity index (χ0n) is 13.2. The molecule has 128 valence electrons. The van der Waals surface area contributed by atoms with E-state index in [9.17, 15) is 19.2 Å². The van der Waals surface area contributed by atoms with Crippen molar-refractivity contribution in [3.05, 3.63) is 42.5 Å². The molecule has 0 aromatic heterocycles. The number of hydrogen-bond acceptors (Lipinski definition) is 7. The van der Waals surface area contributed by atoms with Gasteiger partial charge in [-0.15, -0.1) is 0 Å². The molecule has 0 aliphatic rings. The van der Waals surface area contributed by atoms with Gasteiger partial charge in [0.15, 0.2) is 0 Å². The van der Waals surface area contributed by atoms with Crippen molar-refractivity contribution in [2.24, 2.45) is 5.92 Å². The molecule has 1 aromatic carbocycles. The molecule has 0 aliphatic carbocycles. The number of carbonyl (C=O) groups is 4. The van der Waals surface area contributed by atoms with Crippen molar-refractivity contribution in [2.45, 2.75) is 13.3 Å². The Hall–Kier alpha value is -2.96. The smallest absolute Gasteiger partial charge is 0.331 e. The third kappa shape index (κ3) is 7.88. The molecular weight excluding hydrogens is 316 g/mol. The van der Waals surface area contributed by atoms with E-state index in [4.69, 9.17) is 9.47 Å². The summed E-state index contributed by atoms with van der Waals surface area (Å²) in [5, 5.41) is 0. The fourth-order valence-corrected chi connectivity index (χ4v) is 1.59. The standard InChI is InChI=1S/C17H18O7/c1-2-22-15(19)8-9-16(20)23-12-13(11-18)10-17(21)24-14-6-4-3-5-7-14/h3-9,11,13H,2,10,12H2,1H3/b9-8-. The molecule has 7 nitrogen and oxygen atoms in total. The highest BCUT2D eigenvalue weighted by atomic mass is 16.5. The van der Waals surface area contributed by atoms with Crippen molar-refractivity contribution in [3.8, 4) is 5.75 Å². The first-order chi connectivity index (χ1) is 11.5. The van der Waals surface area contributed by atoms with Gasteiger partial charge in [0.25, 0.3) is 0 Å². The summed E-state index contributed by atoms with van der Waals surface area (Å²) in [5.41, 5.74) is 0. The van der Waals surface area contributed by atoms with E-state index in [1.54, 1.807) is 37.3 Å². The van der Waals surface area contributed by atoms with E-state index in [2.05, 4.69) is 4.74 Å². The van der Waals surface area contributed by atoms with E-state index in [0.29, 0.717) is 12.0 Å². The molecule has 0 fully saturated rings. The second-order valence-electron chi connectivity index (χ2n) is 4.60.